The highest BCUT2D eigenvalue weighted by molar-refractivity contribution is 6.33. The van der Waals surface area contributed by atoms with E-state index in [9.17, 15) is 4.79 Å². The van der Waals surface area contributed by atoms with Crippen LogP contribution in [0.4, 0.5) is 5.69 Å². The van der Waals surface area contributed by atoms with Crippen molar-refractivity contribution in [3.8, 4) is 11.3 Å². The Kier molecular flexibility index (Phi) is 4.93. The first-order valence-corrected chi connectivity index (χ1v) is 8.24. The minimum absolute atomic E-state index is 0.165. The number of carbonyl (C=O) groups excluding carboxylic acids is 1. The second kappa shape index (κ2) is 7.13. The van der Waals surface area contributed by atoms with Crippen LogP contribution in [0.3, 0.4) is 0 Å². The van der Waals surface area contributed by atoms with Crippen LogP contribution in [0, 0.1) is 13.8 Å². The van der Waals surface area contributed by atoms with Gasteiger partial charge < -0.3 is 14.8 Å². The first-order chi connectivity index (χ1) is 12.0. The van der Waals surface area contributed by atoms with Crippen molar-refractivity contribution in [3.63, 3.8) is 0 Å². The highest BCUT2D eigenvalue weighted by Gasteiger charge is 2.12. The summed E-state index contributed by atoms with van der Waals surface area (Å²) in [6.45, 7) is 3.82. The highest BCUT2D eigenvalue weighted by atomic mass is 35.5. The van der Waals surface area contributed by atoms with Crippen LogP contribution < -0.4 is 5.32 Å². The van der Waals surface area contributed by atoms with E-state index in [4.69, 9.17) is 21.1 Å². The Hall–Kier alpha value is -2.56. The van der Waals surface area contributed by atoms with E-state index >= 15 is 0 Å². The molecule has 0 bridgehead atoms. The number of furan rings is 1. The van der Waals surface area contributed by atoms with Gasteiger partial charge in [-0.15, -0.1) is 0 Å². The normalized spacial score (nSPS) is 10.7. The number of amides is 1. The molecule has 1 aromatic heterocycles. The summed E-state index contributed by atoms with van der Waals surface area (Å²) in [5, 5.41) is 12.4. The first-order valence-electron chi connectivity index (χ1n) is 7.86. The smallest absolute Gasteiger partial charge is 0.255 e. The van der Waals surface area contributed by atoms with Gasteiger partial charge in [-0.3, -0.25) is 4.79 Å². The van der Waals surface area contributed by atoms with Crippen molar-refractivity contribution in [2.75, 3.05) is 5.32 Å². The highest BCUT2D eigenvalue weighted by Crippen LogP contribution is 2.31. The van der Waals surface area contributed by atoms with Crippen molar-refractivity contribution in [3.05, 3.63) is 76.0 Å². The molecule has 128 valence electrons. The topological polar surface area (TPSA) is 62.5 Å². The molecule has 0 aliphatic carbocycles. The van der Waals surface area contributed by atoms with Crippen molar-refractivity contribution in [2.24, 2.45) is 0 Å². The van der Waals surface area contributed by atoms with Crippen LogP contribution in [0.15, 0.2) is 52.9 Å². The average molecular weight is 356 g/mol. The van der Waals surface area contributed by atoms with Gasteiger partial charge in [-0.05, 0) is 67.4 Å². The molecule has 5 heteroatoms. The molecule has 0 radical (unpaired) electrons. The number of hydrogen-bond donors (Lipinski definition) is 2. The summed E-state index contributed by atoms with van der Waals surface area (Å²) in [6.07, 6.45) is 0. The van der Waals surface area contributed by atoms with Gasteiger partial charge in [0.25, 0.3) is 5.91 Å². The number of halogens is 1. The second-order valence-corrected chi connectivity index (χ2v) is 6.28. The van der Waals surface area contributed by atoms with Gasteiger partial charge in [0.05, 0.1) is 5.02 Å². The molecule has 0 atom stereocenters. The Bertz CT molecular complexity index is 930. The van der Waals surface area contributed by atoms with Crippen molar-refractivity contribution in [1.82, 2.24) is 0 Å². The number of aryl methyl sites for hydroxylation is 2. The monoisotopic (exact) mass is 355 g/mol. The second-order valence-electron chi connectivity index (χ2n) is 5.87. The van der Waals surface area contributed by atoms with E-state index in [0.717, 1.165) is 11.1 Å². The third kappa shape index (κ3) is 3.76. The summed E-state index contributed by atoms with van der Waals surface area (Å²) in [5.74, 6) is 0.853. The Labute approximate surface area is 151 Å². The Morgan fingerprint density at radius 1 is 1.08 bits per heavy atom. The van der Waals surface area contributed by atoms with E-state index in [2.05, 4.69) is 5.32 Å². The van der Waals surface area contributed by atoms with Crippen LogP contribution in [0.2, 0.25) is 5.02 Å². The molecule has 0 aliphatic rings. The maximum Gasteiger partial charge on any atom is 0.255 e. The molecule has 0 spiro atoms. The first kappa shape index (κ1) is 17.3. The molecule has 25 heavy (non-hydrogen) atoms. The van der Waals surface area contributed by atoms with Gasteiger partial charge in [-0.25, -0.2) is 0 Å². The quantitative estimate of drug-likeness (QED) is 0.695. The zero-order chi connectivity index (χ0) is 18.0. The molecule has 4 nitrogen and oxygen atoms in total. The molecule has 2 aromatic carbocycles. The van der Waals surface area contributed by atoms with Crippen LogP contribution in [0.5, 0.6) is 0 Å². The summed E-state index contributed by atoms with van der Waals surface area (Å²) >= 11 is 6.32. The van der Waals surface area contributed by atoms with Crippen molar-refractivity contribution < 1.29 is 14.3 Å². The van der Waals surface area contributed by atoms with Crippen LogP contribution in [-0.2, 0) is 6.61 Å². The number of carbonyl (C=O) groups is 1. The number of aliphatic hydroxyl groups is 1. The number of hydrogen-bond acceptors (Lipinski definition) is 3. The lowest BCUT2D eigenvalue weighted by Gasteiger charge is -2.09. The van der Waals surface area contributed by atoms with Gasteiger partial charge >= 0.3 is 0 Å². The predicted molar refractivity (Wildman–Crippen MR) is 98.9 cm³/mol. The fourth-order valence-electron chi connectivity index (χ4n) is 2.49. The molecule has 0 saturated heterocycles. The Morgan fingerprint density at radius 3 is 2.52 bits per heavy atom. The third-order valence-electron chi connectivity index (χ3n) is 4.08. The summed E-state index contributed by atoms with van der Waals surface area (Å²) in [6, 6.07) is 14.3. The van der Waals surface area contributed by atoms with E-state index in [1.54, 1.807) is 36.4 Å². The van der Waals surface area contributed by atoms with E-state index in [1.807, 2.05) is 26.0 Å². The minimum Gasteiger partial charge on any atom is -0.459 e. The molecule has 1 heterocycles. The van der Waals surface area contributed by atoms with Crippen LogP contribution in [0.1, 0.15) is 27.2 Å². The number of benzene rings is 2. The van der Waals surface area contributed by atoms with Gasteiger partial charge in [0.2, 0.25) is 0 Å². The van der Waals surface area contributed by atoms with Gasteiger partial charge in [0.15, 0.2) is 0 Å². The van der Waals surface area contributed by atoms with Crippen molar-refractivity contribution in [2.45, 2.75) is 20.5 Å². The van der Waals surface area contributed by atoms with E-state index in [1.165, 1.54) is 0 Å². The van der Waals surface area contributed by atoms with Crippen LogP contribution >= 0.6 is 11.6 Å². The maximum absolute atomic E-state index is 12.4. The summed E-state index contributed by atoms with van der Waals surface area (Å²) in [5.41, 5.74) is 4.11. The van der Waals surface area contributed by atoms with Gasteiger partial charge in [-0.2, -0.15) is 0 Å². The van der Waals surface area contributed by atoms with Crippen molar-refractivity contribution >= 4 is 23.2 Å². The van der Waals surface area contributed by atoms with E-state index < -0.39 is 0 Å². The fraction of sp³-hybridized carbons (Fsp3) is 0.150. The standard InChI is InChI=1S/C20H18ClNO3/c1-12-3-4-14(9-13(12)2)20(24)22-15-5-7-17(18(21)10-15)19-8-6-16(11-23)25-19/h3-10,23H,11H2,1-2H3,(H,22,24). The molecule has 0 aliphatic heterocycles. The lowest BCUT2D eigenvalue weighted by Crippen LogP contribution is -2.12. The zero-order valence-corrected chi connectivity index (χ0v) is 14.7. The van der Waals surface area contributed by atoms with Gasteiger partial charge in [0.1, 0.15) is 18.1 Å². The van der Waals surface area contributed by atoms with Crippen LogP contribution in [0.25, 0.3) is 11.3 Å². The Balaban J connectivity index is 1.80. The lowest BCUT2D eigenvalue weighted by molar-refractivity contribution is 0.102. The molecule has 0 saturated carbocycles. The number of rotatable bonds is 4. The molecule has 0 fully saturated rings. The van der Waals surface area contributed by atoms with Gasteiger partial charge in [0, 0.05) is 16.8 Å². The summed E-state index contributed by atoms with van der Waals surface area (Å²) in [7, 11) is 0. The average Bonchev–Trinajstić information content (AvgIpc) is 3.06. The summed E-state index contributed by atoms with van der Waals surface area (Å²) in [4.78, 5) is 12.4. The SMILES string of the molecule is Cc1ccc(C(=O)Nc2ccc(-c3ccc(CO)o3)c(Cl)c2)cc1C. The largest absolute Gasteiger partial charge is 0.459 e. The number of aliphatic hydroxyl groups excluding tert-OH is 1. The van der Waals surface area contributed by atoms with Crippen molar-refractivity contribution in [1.29, 1.82) is 0 Å². The number of nitrogens with one attached hydrogen (secondary N) is 1. The molecule has 3 aromatic rings. The fourth-order valence-corrected chi connectivity index (χ4v) is 2.76. The number of anilines is 1. The van der Waals surface area contributed by atoms with E-state index in [-0.39, 0.29) is 12.5 Å². The third-order valence-corrected chi connectivity index (χ3v) is 4.39. The maximum atomic E-state index is 12.4. The molecule has 1 amide bonds. The molecular weight excluding hydrogens is 338 g/mol. The molecular formula is C20H18ClNO3. The minimum atomic E-state index is -0.188. The van der Waals surface area contributed by atoms with Gasteiger partial charge in [-0.1, -0.05) is 17.7 Å². The predicted octanol–water partition coefficient (Wildman–Crippen LogP) is 4.96. The van der Waals surface area contributed by atoms with E-state index in [0.29, 0.717) is 33.4 Å². The molecule has 3 rings (SSSR count). The lowest BCUT2D eigenvalue weighted by atomic mass is 10.1. The Morgan fingerprint density at radius 2 is 1.88 bits per heavy atom. The van der Waals surface area contributed by atoms with Crippen LogP contribution in [-0.4, -0.2) is 11.0 Å². The summed E-state index contributed by atoms with van der Waals surface area (Å²) < 4.78 is 5.49. The molecule has 2 N–H and O–H groups in total. The zero-order valence-electron chi connectivity index (χ0n) is 14.0. The molecule has 0 unspecified atom stereocenters.